The molecule has 0 bridgehead atoms. The van der Waals surface area contributed by atoms with Crippen molar-refractivity contribution in [1.82, 2.24) is 5.32 Å². The molecule has 0 saturated carbocycles. The predicted octanol–water partition coefficient (Wildman–Crippen LogP) is 3.31. The Hall–Kier alpha value is -2.37. The quantitative estimate of drug-likeness (QED) is 0.328. The monoisotopic (exact) mass is 306 g/mol. The van der Waals surface area contributed by atoms with Crippen LogP contribution in [-0.4, -0.2) is 24.0 Å². The fourth-order valence-electron chi connectivity index (χ4n) is 1.73. The maximum absolute atomic E-state index is 11.6. The van der Waals surface area contributed by atoms with Crippen LogP contribution in [0.15, 0.2) is 24.3 Å². The second kappa shape index (κ2) is 9.55. The number of rotatable bonds is 9. The van der Waals surface area contributed by atoms with Crippen LogP contribution in [0, 0.1) is 10.1 Å². The van der Waals surface area contributed by atoms with Gasteiger partial charge in [0.15, 0.2) is 5.75 Å². The van der Waals surface area contributed by atoms with Gasteiger partial charge in [-0.05, 0) is 30.5 Å². The average Bonchev–Trinajstić information content (AvgIpc) is 2.51. The molecule has 0 spiro atoms. The summed E-state index contributed by atoms with van der Waals surface area (Å²) >= 11 is 0. The Balaban J connectivity index is 2.77. The van der Waals surface area contributed by atoms with Gasteiger partial charge in [0.1, 0.15) is 0 Å². The van der Waals surface area contributed by atoms with Crippen LogP contribution < -0.4 is 10.1 Å². The summed E-state index contributed by atoms with van der Waals surface area (Å²) in [6.07, 6.45) is 5.64. The van der Waals surface area contributed by atoms with Crippen LogP contribution in [0.3, 0.4) is 0 Å². The first-order valence-electron chi connectivity index (χ1n) is 7.45. The van der Waals surface area contributed by atoms with Gasteiger partial charge in [0, 0.05) is 18.7 Å². The van der Waals surface area contributed by atoms with E-state index in [1.807, 2.05) is 13.8 Å². The van der Waals surface area contributed by atoms with E-state index < -0.39 is 4.92 Å². The molecule has 6 heteroatoms. The van der Waals surface area contributed by atoms with Gasteiger partial charge in [-0.25, -0.2) is 0 Å². The zero-order valence-corrected chi connectivity index (χ0v) is 13.0. The number of amides is 1. The van der Waals surface area contributed by atoms with Crippen LogP contribution in [0.25, 0.3) is 6.08 Å². The molecular weight excluding hydrogens is 284 g/mol. The molecule has 0 aliphatic rings. The Labute approximate surface area is 130 Å². The number of carbonyl (C=O) groups excluding carboxylic acids is 1. The van der Waals surface area contributed by atoms with Gasteiger partial charge < -0.3 is 10.1 Å². The van der Waals surface area contributed by atoms with Crippen molar-refractivity contribution < 1.29 is 14.5 Å². The van der Waals surface area contributed by atoms with Crippen molar-refractivity contribution in [2.45, 2.75) is 33.1 Å². The largest absolute Gasteiger partial charge is 0.487 e. The van der Waals surface area contributed by atoms with Gasteiger partial charge in [-0.2, -0.15) is 0 Å². The minimum Gasteiger partial charge on any atom is -0.487 e. The highest BCUT2D eigenvalue weighted by Gasteiger charge is 2.15. The standard InChI is InChI=1S/C16H22N2O4/c1-3-5-10-17-16(19)9-7-13-6-8-15(22-11-4-2)14(12-13)18(20)21/h6-9,12H,3-5,10-11H2,1-2H3,(H,17,19)/b9-7+. The lowest BCUT2D eigenvalue weighted by Crippen LogP contribution is -2.21. The minimum absolute atomic E-state index is 0.0954. The summed E-state index contributed by atoms with van der Waals surface area (Å²) in [4.78, 5) is 22.2. The normalized spacial score (nSPS) is 10.6. The summed E-state index contributed by atoms with van der Waals surface area (Å²) in [5, 5.41) is 13.8. The van der Waals surface area contributed by atoms with Crippen LogP contribution in [0.1, 0.15) is 38.7 Å². The SMILES string of the molecule is CCCCNC(=O)/C=C/c1ccc(OCCC)c([N+](=O)[O-])c1. The topological polar surface area (TPSA) is 81.5 Å². The zero-order valence-electron chi connectivity index (χ0n) is 13.0. The summed E-state index contributed by atoms with van der Waals surface area (Å²) in [6.45, 7) is 5.03. The van der Waals surface area contributed by atoms with Crippen LogP contribution in [0.4, 0.5) is 5.69 Å². The third kappa shape index (κ3) is 5.95. The number of nitro benzene ring substituents is 1. The second-order valence-electron chi connectivity index (χ2n) is 4.81. The molecule has 1 N–H and O–H groups in total. The number of hydrogen-bond donors (Lipinski definition) is 1. The van der Waals surface area contributed by atoms with E-state index >= 15 is 0 Å². The zero-order chi connectivity index (χ0) is 16.4. The van der Waals surface area contributed by atoms with Gasteiger partial charge in [0.25, 0.3) is 0 Å². The van der Waals surface area contributed by atoms with Crippen LogP contribution in [0.2, 0.25) is 0 Å². The lowest BCUT2D eigenvalue weighted by Gasteiger charge is -2.06. The first kappa shape index (κ1) is 17.7. The third-order valence-corrected chi connectivity index (χ3v) is 2.90. The number of carbonyl (C=O) groups is 1. The molecule has 0 unspecified atom stereocenters. The van der Waals surface area contributed by atoms with Gasteiger partial charge in [0.2, 0.25) is 5.91 Å². The fraction of sp³-hybridized carbons (Fsp3) is 0.438. The number of nitrogens with one attached hydrogen (secondary N) is 1. The second-order valence-corrected chi connectivity index (χ2v) is 4.81. The summed E-state index contributed by atoms with van der Waals surface area (Å²) in [5.74, 6) is 0.0406. The molecule has 1 rings (SSSR count). The lowest BCUT2D eigenvalue weighted by atomic mass is 10.1. The van der Waals surface area contributed by atoms with E-state index in [0.29, 0.717) is 18.7 Å². The average molecular weight is 306 g/mol. The number of ether oxygens (including phenoxy) is 1. The molecule has 1 amide bonds. The fourth-order valence-corrected chi connectivity index (χ4v) is 1.73. The number of nitrogens with zero attached hydrogens (tertiary/aromatic N) is 1. The van der Waals surface area contributed by atoms with Crippen molar-refractivity contribution >= 4 is 17.7 Å². The van der Waals surface area contributed by atoms with Gasteiger partial charge >= 0.3 is 5.69 Å². The molecule has 0 fully saturated rings. The van der Waals surface area contributed by atoms with E-state index in [2.05, 4.69) is 5.32 Å². The molecule has 120 valence electrons. The van der Waals surface area contributed by atoms with Crippen molar-refractivity contribution in [2.24, 2.45) is 0 Å². The first-order valence-corrected chi connectivity index (χ1v) is 7.45. The summed E-state index contributed by atoms with van der Waals surface area (Å²) in [6, 6.07) is 4.65. The molecule has 22 heavy (non-hydrogen) atoms. The molecule has 0 aromatic heterocycles. The third-order valence-electron chi connectivity index (χ3n) is 2.90. The van der Waals surface area contributed by atoms with E-state index in [0.717, 1.165) is 19.3 Å². The molecule has 0 saturated heterocycles. The summed E-state index contributed by atoms with van der Waals surface area (Å²) < 4.78 is 5.35. The van der Waals surface area contributed by atoms with Gasteiger partial charge in [-0.3, -0.25) is 14.9 Å². The highest BCUT2D eigenvalue weighted by atomic mass is 16.6. The maximum Gasteiger partial charge on any atom is 0.311 e. The van der Waals surface area contributed by atoms with Crippen molar-refractivity contribution in [3.05, 3.63) is 40.0 Å². The number of benzene rings is 1. The van der Waals surface area contributed by atoms with E-state index in [4.69, 9.17) is 4.74 Å². The summed E-state index contributed by atoms with van der Waals surface area (Å²) in [7, 11) is 0. The Bertz CT molecular complexity index is 541. The maximum atomic E-state index is 11.6. The lowest BCUT2D eigenvalue weighted by molar-refractivity contribution is -0.385. The van der Waals surface area contributed by atoms with E-state index in [1.54, 1.807) is 18.2 Å². The first-order chi connectivity index (χ1) is 10.6. The smallest absolute Gasteiger partial charge is 0.311 e. The molecular formula is C16H22N2O4. The summed E-state index contributed by atoms with van der Waals surface area (Å²) in [5.41, 5.74) is 0.489. The molecule has 0 heterocycles. The molecule has 6 nitrogen and oxygen atoms in total. The molecule has 0 aliphatic carbocycles. The Morgan fingerprint density at radius 2 is 2.14 bits per heavy atom. The van der Waals surface area contributed by atoms with Crippen LogP contribution in [-0.2, 0) is 4.79 Å². The van der Waals surface area contributed by atoms with Crippen molar-refractivity contribution in [3.63, 3.8) is 0 Å². The van der Waals surface area contributed by atoms with Crippen LogP contribution >= 0.6 is 0 Å². The van der Waals surface area contributed by atoms with Gasteiger partial charge in [0.05, 0.1) is 11.5 Å². The van der Waals surface area contributed by atoms with Crippen molar-refractivity contribution in [1.29, 1.82) is 0 Å². The number of nitro groups is 1. The van der Waals surface area contributed by atoms with Crippen molar-refractivity contribution in [3.8, 4) is 5.75 Å². The molecule has 1 aromatic rings. The van der Waals surface area contributed by atoms with E-state index in [-0.39, 0.29) is 17.3 Å². The highest BCUT2D eigenvalue weighted by Crippen LogP contribution is 2.28. The number of hydrogen-bond acceptors (Lipinski definition) is 4. The molecule has 0 radical (unpaired) electrons. The molecule has 0 atom stereocenters. The Kier molecular flexibility index (Phi) is 7.67. The van der Waals surface area contributed by atoms with Crippen LogP contribution in [0.5, 0.6) is 5.75 Å². The molecule has 1 aromatic carbocycles. The Morgan fingerprint density at radius 1 is 1.36 bits per heavy atom. The highest BCUT2D eigenvalue weighted by molar-refractivity contribution is 5.91. The predicted molar refractivity (Wildman–Crippen MR) is 85.8 cm³/mol. The Morgan fingerprint density at radius 3 is 2.77 bits per heavy atom. The van der Waals surface area contributed by atoms with E-state index in [1.165, 1.54) is 12.1 Å². The minimum atomic E-state index is -0.482. The van der Waals surface area contributed by atoms with Crippen molar-refractivity contribution in [2.75, 3.05) is 13.2 Å². The molecule has 0 aliphatic heterocycles. The number of unbranched alkanes of at least 4 members (excludes halogenated alkanes) is 1. The van der Waals surface area contributed by atoms with Gasteiger partial charge in [-0.15, -0.1) is 0 Å². The van der Waals surface area contributed by atoms with E-state index in [9.17, 15) is 14.9 Å². The van der Waals surface area contributed by atoms with Gasteiger partial charge in [-0.1, -0.05) is 26.3 Å².